The van der Waals surface area contributed by atoms with Gasteiger partial charge in [0.1, 0.15) is 0 Å². The molecule has 0 fully saturated rings. The average Bonchev–Trinajstić information content (AvgIpc) is 2.27. The van der Waals surface area contributed by atoms with Crippen molar-refractivity contribution in [3.05, 3.63) is 12.3 Å². The van der Waals surface area contributed by atoms with Gasteiger partial charge in [-0.3, -0.25) is 0 Å². The molecule has 0 atom stereocenters. The van der Waals surface area contributed by atoms with Crippen molar-refractivity contribution in [2.24, 2.45) is 11.8 Å². The topological polar surface area (TPSA) is 24.1 Å². The number of allylic oxidation sites excluding steroid dienone is 1. The third kappa shape index (κ3) is 17.4. The van der Waals surface area contributed by atoms with Crippen LogP contribution in [-0.2, 0) is 0 Å². The van der Waals surface area contributed by atoms with Crippen LogP contribution in [0.1, 0.15) is 81.6 Å². The van der Waals surface area contributed by atoms with Gasteiger partial charge in [-0.05, 0) is 45.1 Å². The summed E-state index contributed by atoms with van der Waals surface area (Å²) in [7, 11) is 0. The van der Waals surface area contributed by atoms with Gasteiger partial charge >= 0.3 is 0 Å². The standard InChI is InChI=1S/C11H23N.C8H19N/c1-7-8-11(5,6)12-10(4)9(2)3;1-7(2)5-6-9-8(3)4/h9,12H,4,7-8H2,1-3,5-6H3;7-9H,5-6H2,1-4H3. The molecule has 128 valence electrons. The lowest BCUT2D eigenvalue weighted by Gasteiger charge is -2.29. The third-order valence-electron chi connectivity index (χ3n) is 3.35. The highest BCUT2D eigenvalue weighted by Crippen LogP contribution is 2.15. The second kappa shape index (κ2) is 12.1. The van der Waals surface area contributed by atoms with Crippen molar-refractivity contribution in [3.8, 4) is 0 Å². The molecule has 2 heteroatoms. The monoisotopic (exact) mass is 298 g/mol. The van der Waals surface area contributed by atoms with E-state index in [1.165, 1.54) is 19.3 Å². The predicted octanol–water partition coefficient (Wildman–Crippen LogP) is 5.35. The molecular formula is C19H42N2. The zero-order valence-electron chi connectivity index (χ0n) is 16.3. The number of hydrogen-bond acceptors (Lipinski definition) is 2. The minimum absolute atomic E-state index is 0.204. The molecule has 0 aromatic rings. The molecule has 0 aliphatic heterocycles. The van der Waals surface area contributed by atoms with E-state index in [-0.39, 0.29) is 5.54 Å². The van der Waals surface area contributed by atoms with E-state index in [9.17, 15) is 0 Å². The van der Waals surface area contributed by atoms with Crippen molar-refractivity contribution in [2.45, 2.75) is 93.2 Å². The Morgan fingerprint density at radius 2 is 1.57 bits per heavy atom. The van der Waals surface area contributed by atoms with E-state index in [0.717, 1.165) is 18.2 Å². The SMILES string of the molecule is C=C(NC(C)(C)CCC)C(C)C.CC(C)CCNC(C)C. The molecule has 2 nitrogen and oxygen atoms in total. The molecule has 0 aromatic heterocycles. The van der Waals surface area contributed by atoms with Crippen LogP contribution in [-0.4, -0.2) is 18.1 Å². The summed E-state index contributed by atoms with van der Waals surface area (Å²) in [4.78, 5) is 0. The highest BCUT2D eigenvalue weighted by Gasteiger charge is 2.16. The molecule has 0 unspecified atom stereocenters. The Labute approximate surface area is 135 Å². The molecule has 21 heavy (non-hydrogen) atoms. The van der Waals surface area contributed by atoms with Crippen molar-refractivity contribution >= 4 is 0 Å². The second-order valence-electron chi connectivity index (χ2n) is 7.73. The largest absolute Gasteiger partial charge is 0.384 e. The number of rotatable bonds is 9. The van der Waals surface area contributed by atoms with Gasteiger partial charge in [0.25, 0.3) is 0 Å². The lowest BCUT2D eigenvalue weighted by Crippen LogP contribution is -2.39. The van der Waals surface area contributed by atoms with Crippen molar-refractivity contribution in [1.29, 1.82) is 0 Å². The molecule has 0 spiro atoms. The second-order valence-corrected chi connectivity index (χ2v) is 7.73. The predicted molar refractivity (Wildman–Crippen MR) is 98.7 cm³/mol. The fourth-order valence-corrected chi connectivity index (χ4v) is 1.93. The molecular weight excluding hydrogens is 256 g/mol. The van der Waals surface area contributed by atoms with Crippen LogP contribution in [0.5, 0.6) is 0 Å². The van der Waals surface area contributed by atoms with Crippen LogP contribution < -0.4 is 10.6 Å². The van der Waals surface area contributed by atoms with Gasteiger partial charge in [0.05, 0.1) is 0 Å². The van der Waals surface area contributed by atoms with Crippen molar-refractivity contribution in [2.75, 3.05) is 6.54 Å². The lowest BCUT2D eigenvalue weighted by molar-refractivity contribution is 0.377. The first kappa shape index (κ1) is 22.8. The van der Waals surface area contributed by atoms with E-state index < -0.39 is 0 Å². The minimum atomic E-state index is 0.204. The van der Waals surface area contributed by atoms with Crippen LogP contribution in [0.4, 0.5) is 0 Å². The first-order chi connectivity index (χ1) is 9.51. The summed E-state index contributed by atoms with van der Waals surface area (Å²) in [6.07, 6.45) is 3.70. The first-order valence-corrected chi connectivity index (χ1v) is 8.72. The normalized spacial score (nSPS) is 11.6. The van der Waals surface area contributed by atoms with Crippen molar-refractivity contribution in [1.82, 2.24) is 10.6 Å². The molecule has 0 saturated heterocycles. The van der Waals surface area contributed by atoms with E-state index in [4.69, 9.17) is 0 Å². The molecule has 0 bridgehead atoms. The van der Waals surface area contributed by atoms with Gasteiger partial charge in [0.15, 0.2) is 0 Å². The Balaban J connectivity index is 0. The number of nitrogens with one attached hydrogen (secondary N) is 2. The van der Waals surface area contributed by atoms with Gasteiger partial charge < -0.3 is 10.6 Å². The van der Waals surface area contributed by atoms with Crippen LogP contribution in [0, 0.1) is 11.8 Å². The molecule has 0 aromatic carbocycles. The fraction of sp³-hybridized carbons (Fsp3) is 0.895. The van der Waals surface area contributed by atoms with Crippen LogP contribution in [0.15, 0.2) is 12.3 Å². The van der Waals surface area contributed by atoms with Crippen molar-refractivity contribution < 1.29 is 0 Å². The summed E-state index contributed by atoms with van der Waals surface area (Å²) in [6.45, 7) is 25.0. The van der Waals surface area contributed by atoms with Gasteiger partial charge in [0.2, 0.25) is 0 Å². The van der Waals surface area contributed by atoms with Gasteiger partial charge in [-0.2, -0.15) is 0 Å². The highest BCUT2D eigenvalue weighted by atomic mass is 15.0. The molecule has 0 aliphatic rings. The summed E-state index contributed by atoms with van der Waals surface area (Å²) in [5, 5.41) is 6.84. The fourth-order valence-electron chi connectivity index (χ4n) is 1.93. The average molecular weight is 299 g/mol. The Morgan fingerprint density at radius 3 is 1.90 bits per heavy atom. The van der Waals surface area contributed by atoms with Crippen LogP contribution >= 0.6 is 0 Å². The van der Waals surface area contributed by atoms with Gasteiger partial charge in [-0.25, -0.2) is 0 Å². The molecule has 0 saturated carbocycles. The molecule has 0 heterocycles. The smallest absolute Gasteiger partial charge is 0.0314 e. The van der Waals surface area contributed by atoms with E-state index in [1.54, 1.807) is 0 Å². The summed E-state index contributed by atoms with van der Waals surface area (Å²) < 4.78 is 0. The van der Waals surface area contributed by atoms with Gasteiger partial charge in [-0.1, -0.05) is 61.5 Å². The third-order valence-corrected chi connectivity index (χ3v) is 3.35. The number of hydrogen-bond donors (Lipinski definition) is 2. The Bertz CT molecular complexity index is 244. The summed E-state index contributed by atoms with van der Waals surface area (Å²) in [5.41, 5.74) is 1.35. The van der Waals surface area contributed by atoms with Crippen LogP contribution in [0.2, 0.25) is 0 Å². The summed E-state index contributed by atoms with van der Waals surface area (Å²) in [5.74, 6) is 1.36. The van der Waals surface area contributed by atoms with Crippen LogP contribution in [0.3, 0.4) is 0 Å². The minimum Gasteiger partial charge on any atom is -0.384 e. The molecule has 2 N–H and O–H groups in total. The lowest BCUT2D eigenvalue weighted by atomic mass is 9.97. The maximum absolute atomic E-state index is 4.01. The molecule has 0 rings (SSSR count). The highest BCUT2D eigenvalue weighted by molar-refractivity contribution is 4.99. The molecule has 0 amide bonds. The summed E-state index contributed by atoms with van der Waals surface area (Å²) in [6, 6.07) is 0.642. The van der Waals surface area contributed by atoms with E-state index >= 15 is 0 Å². The van der Waals surface area contributed by atoms with Gasteiger partial charge in [0, 0.05) is 17.3 Å². The molecule has 0 radical (unpaired) electrons. The van der Waals surface area contributed by atoms with E-state index in [0.29, 0.717) is 12.0 Å². The molecule has 0 aliphatic carbocycles. The maximum Gasteiger partial charge on any atom is 0.0314 e. The van der Waals surface area contributed by atoms with E-state index in [1.807, 2.05) is 0 Å². The zero-order valence-corrected chi connectivity index (χ0v) is 16.3. The Kier molecular flexibility index (Phi) is 13.1. The first-order valence-electron chi connectivity index (χ1n) is 8.72. The Hall–Kier alpha value is -0.500. The van der Waals surface area contributed by atoms with Crippen molar-refractivity contribution in [3.63, 3.8) is 0 Å². The maximum atomic E-state index is 4.01. The quantitative estimate of drug-likeness (QED) is 0.599. The summed E-state index contributed by atoms with van der Waals surface area (Å²) >= 11 is 0. The van der Waals surface area contributed by atoms with E-state index in [2.05, 4.69) is 79.5 Å². The Morgan fingerprint density at radius 1 is 1.05 bits per heavy atom. The van der Waals surface area contributed by atoms with Crippen LogP contribution in [0.25, 0.3) is 0 Å². The zero-order chi connectivity index (χ0) is 17.1. The van der Waals surface area contributed by atoms with Gasteiger partial charge in [-0.15, -0.1) is 0 Å².